The minimum atomic E-state index is -0.463. The van der Waals surface area contributed by atoms with Crippen LogP contribution in [0.4, 0.5) is 5.69 Å². The Balaban J connectivity index is 1.55. The highest BCUT2D eigenvalue weighted by Crippen LogP contribution is 2.30. The third kappa shape index (κ3) is 4.50. The Hall–Kier alpha value is -2.82. The van der Waals surface area contributed by atoms with Gasteiger partial charge in [0.15, 0.2) is 5.78 Å². The fraction of sp³-hybridized carbons (Fsp3) is 0.440. The van der Waals surface area contributed by atoms with E-state index in [1.54, 1.807) is 36.4 Å². The monoisotopic (exact) mass is 407 g/mol. The summed E-state index contributed by atoms with van der Waals surface area (Å²) in [6, 6.07) is 11.9. The first-order valence-corrected chi connectivity index (χ1v) is 11.1. The molecule has 2 aliphatic rings. The number of hydrogen-bond acceptors (Lipinski definition) is 5. The molecule has 0 radical (unpaired) electrons. The Morgan fingerprint density at radius 3 is 2.20 bits per heavy atom. The molecule has 2 fully saturated rings. The summed E-state index contributed by atoms with van der Waals surface area (Å²) in [5.74, 6) is -0.886. The molecule has 1 aliphatic carbocycles. The quantitative estimate of drug-likeness (QED) is 0.551. The molecule has 0 bridgehead atoms. The largest absolute Gasteiger partial charge is 0.507 e. The highest BCUT2D eigenvalue weighted by atomic mass is 16.5. The molecule has 1 heterocycles. The number of benzene rings is 2. The zero-order chi connectivity index (χ0) is 20.9. The second-order valence-corrected chi connectivity index (χ2v) is 8.29. The van der Waals surface area contributed by atoms with Gasteiger partial charge < -0.3 is 14.7 Å². The molecule has 0 atom stereocenters. The van der Waals surface area contributed by atoms with Crippen LogP contribution in [0.2, 0.25) is 0 Å². The van der Waals surface area contributed by atoms with Crippen molar-refractivity contribution in [3.8, 4) is 5.75 Å². The number of carbonyl (C=O) groups is 2. The van der Waals surface area contributed by atoms with E-state index in [2.05, 4.69) is 4.90 Å². The molecule has 1 aliphatic heterocycles. The zero-order valence-electron chi connectivity index (χ0n) is 17.3. The van der Waals surface area contributed by atoms with Gasteiger partial charge in [-0.05, 0) is 63.1 Å². The lowest BCUT2D eigenvalue weighted by atomic mass is 9.96. The van der Waals surface area contributed by atoms with Gasteiger partial charge in [0, 0.05) is 30.4 Å². The second kappa shape index (κ2) is 9.33. The number of nitrogens with zero attached hydrogens (tertiary/aromatic N) is 1. The normalized spacial score (nSPS) is 17.5. The SMILES string of the molecule is O=C(OC1CCCCC1)c1ccccc1C(=O)c1ccc(N2CCCCC2)cc1O. The summed E-state index contributed by atoms with van der Waals surface area (Å²) in [6.07, 6.45) is 8.48. The van der Waals surface area contributed by atoms with Gasteiger partial charge in [0.2, 0.25) is 0 Å². The van der Waals surface area contributed by atoms with Crippen LogP contribution in [0.15, 0.2) is 42.5 Å². The molecule has 158 valence electrons. The number of piperidine rings is 1. The Morgan fingerprint density at radius 1 is 0.833 bits per heavy atom. The van der Waals surface area contributed by atoms with Gasteiger partial charge in [-0.15, -0.1) is 0 Å². The number of phenolic OH excluding ortho intramolecular Hbond substituents is 1. The molecule has 1 saturated carbocycles. The first-order valence-electron chi connectivity index (χ1n) is 11.1. The Morgan fingerprint density at radius 2 is 1.50 bits per heavy atom. The van der Waals surface area contributed by atoms with Crippen LogP contribution >= 0.6 is 0 Å². The Labute approximate surface area is 177 Å². The van der Waals surface area contributed by atoms with E-state index in [1.807, 2.05) is 6.07 Å². The van der Waals surface area contributed by atoms with Gasteiger partial charge >= 0.3 is 5.97 Å². The summed E-state index contributed by atoms with van der Waals surface area (Å²) in [6.45, 7) is 1.92. The summed E-state index contributed by atoms with van der Waals surface area (Å²) in [5, 5.41) is 10.6. The van der Waals surface area contributed by atoms with Crippen molar-refractivity contribution >= 4 is 17.4 Å². The van der Waals surface area contributed by atoms with Crippen molar-refractivity contribution in [1.82, 2.24) is 0 Å². The average Bonchev–Trinajstić information content (AvgIpc) is 2.80. The summed E-state index contributed by atoms with van der Waals surface area (Å²) in [7, 11) is 0. The number of esters is 1. The number of carbonyl (C=O) groups excluding carboxylic acids is 2. The van der Waals surface area contributed by atoms with Crippen LogP contribution < -0.4 is 4.90 Å². The van der Waals surface area contributed by atoms with Gasteiger partial charge in [-0.3, -0.25) is 4.79 Å². The first kappa shape index (κ1) is 20.5. The predicted octanol–water partition coefficient (Wildman–Crippen LogP) is 5.10. The van der Waals surface area contributed by atoms with Gasteiger partial charge in [-0.25, -0.2) is 4.79 Å². The van der Waals surface area contributed by atoms with Crippen LogP contribution in [-0.2, 0) is 4.74 Å². The molecule has 5 heteroatoms. The van der Waals surface area contributed by atoms with Crippen LogP contribution in [-0.4, -0.2) is 36.1 Å². The average molecular weight is 408 g/mol. The van der Waals surface area contributed by atoms with E-state index < -0.39 is 5.97 Å². The number of aromatic hydroxyl groups is 1. The van der Waals surface area contributed by atoms with Gasteiger partial charge in [-0.2, -0.15) is 0 Å². The van der Waals surface area contributed by atoms with E-state index in [0.717, 1.165) is 57.3 Å². The topological polar surface area (TPSA) is 66.8 Å². The van der Waals surface area contributed by atoms with E-state index >= 15 is 0 Å². The van der Waals surface area contributed by atoms with Gasteiger partial charge in [0.1, 0.15) is 11.9 Å². The molecular weight excluding hydrogens is 378 g/mol. The predicted molar refractivity (Wildman–Crippen MR) is 116 cm³/mol. The summed E-state index contributed by atoms with van der Waals surface area (Å²) in [4.78, 5) is 28.2. The molecule has 1 N–H and O–H groups in total. The van der Waals surface area contributed by atoms with Gasteiger partial charge in [0.05, 0.1) is 11.1 Å². The van der Waals surface area contributed by atoms with Crippen molar-refractivity contribution in [3.63, 3.8) is 0 Å². The summed E-state index contributed by atoms with van der Waals surface area (Å²) in [5.41, 5.74) is 1.65. The Bertz CT molecular complexity index is 911. The van der Waals surface area contributed by atoms with Crippen LogP contribution in [0.1, 0.15) is 77.6 Å². The number of ether oxygens (including phenoxy) is 1. The van der Waals surface area contributed by atoms with Crippen molar-refractivity contribution in [3.05, 3.63) is 59.2 Å². The van der Waals surface area contributed by atoms with Crippen molar-refractivity contribution < 1.29 is 19.4 Å². The van der Waals surface area contributed by atoms with Gasteiger partial charge in [0.25, 0.3) is 0 Å². The van der Waals surface area contributed by atoms with Crippen LogP contribution in [0.3, 0.4) is 0 Å². The van der Waals surface area contributed by atoms with Crippen molar-refractivity contribution in [1.29, 1.82) is 0 Å². The molecule has 1 saturated heterocycles. The molecule has 0 amide bonds. The molecule has 4 rings (SSSR count). The molecule has 0 unspecified atom stereocenters. The summed E-state index contributed by atoms with van der Waals surface area (Å²) < 4.78 is 5.67. The molecular formula is C25H29NO4. The number of anilines is 1. The lowest BCUT2D eigenvalue weighted by molar-refractivity contribution is 0.0209. The highest BCUT2D eigenvalue weighted by molar-refractivity contribution is 6.15. The lowest BCUT2D eigenvalue weighted by Crippen LogP contribution is -2.29. The smallest absolute Gasteiger partial charge is 0.339 e. The number of ketones is 1. The van der Waals surface area contributed by atoms with E-state index in [9.17, 15) is 14.7 Å². The number of rotatable bonds is 5. The zero-order valence-corrected chi connectivity index (χ0v) is 17.3. The molecule has 0 aromatic heterocycles. The number of hydrogen-bond donors (Lipinski definition) is 1. The maximum Gasteiger partial charge on any atom is 0.339 e. The maximum atomic E-state index is 13.2. The molecule has 2 aromatic carbocycles. The minimum Gasteiger partial charge on any atom is -0.507 e. The van der Waals surface area contributed by atoms with Crippen LogP contribution in [0, 0.1) is 0 Å². The third-order valence-electron chi connectivity index (χ3n) is 6.16. The molecule has 30 heavy (non-hydrogen) atoms. The standard InChI is InChI=1S/C25H29NO4/c27-23-17-18(26-15-7-2-8-16-26)13-14-22(23)24(28)20-11-5-6-12-21(20)25(29)30-19-9-3-1-4-10-19/h5-6,11-14,17,19,27H,1-4,7-10,15-16H2. The Kier molecular flexibility index (Phi) is 6.36. The third-order valence-corrected chi connectivity index (χ3v) is 6.16. The number of phenols is 1. The molecule has 2 aromatic rings. The van der Waals surface area contributed by atoms with E-state index in [1.165, 1.54) is 12.8 Å². The van der Waals surface area contributed by atoms with Crippen LogP contribution in [0.5, 0.6) is 5.75 Å². The second-order valence-electron chi connectivity index (χ2n) is 8.29. The fourth-order valence-electron chi connectivity index (χ4n) is 4.46. The minimum absolute atomic E-state index is 0.0569. The molecule has 5 nitrogen and oxygen atoms in total. The van der Waals surface area contributed by atoms with Crippen molar-refractivity contribution in [2.24, 2.45) is 0 Å². The fourth-order valence-corrected chi connectivity index (χ4v) is 4.46. The van der Waals surface area contributed by atoms with Gasteiger partial charge in [-0.1, -0.05) is 24.6 Å². The lowest BCUT2D eigenvalue weighted by Gasteiger charge is -2.29. The molecule has 0 spiro atoms. The van der Waals surface area contributed by atoms with E-state index in [4.69, 9.17) is 4.74 Å². The van der Waals surface area contributed by atoms with E-state index in [-0.39, 0.29) is 34.3 Å². The van der Waals surface area contributed by atoms with E-state index in [0.29, 0.717) is 0 Å². The van der Waals surface area contributed by atoms with Crippen molar-refractivity contribution in [2.75, 3.05) is 18.0 Å². The van der Waals surface area contributed by atoms with Crippen LogP contribution in [0.25, 0.3) is 0 Å². The first-order chi connectivity index (χ1) is 14.6. The maximum absolute atomic E-state index is 13.2. The highest BCUT2D eigenvalue weighted by Gasteiger charge is 2.25. The van der Waals surface area contributed by atoms with Crippen molar-refractivity contribution in [2.45, 2.75) is 57.5 Å². The summed E-state index contributed by atoms with van der Waals surface area (Å²) >= 11 is 0.